The van der Waals surface area contributed by atoms with Crippen molar-refractivity contribution in [1.29, 1.82) is 0 Å². The number of carbonyl (C=O) groups is 1. The van der Waals surface area contributed by atoms with Crippen molar-refractivity contribution in [3.8, 4) is 5.75 Å². The third-order valence-electron chi connectivity index (χ3n) is 5.39. The van der Waals surface area contributed by atoms with Gasteiger partial charge in [-0.15, -0.1) is 11.3 Å². The second-order valence-corrected chi connectivity index (χ2v) is 9.11. The molecule has 0 unspecified atom stereocenters. The molecule has 0 atom stereocenters. The van der Waals surface area contributed by atoms with Crippen LogP contribution in [0.3, 0.4) is 0 Å². The van der Waals surface area contributed by atoms with Crippen LogP contribution in [0.25, 0.3) is 16.2 Å². The number of ether oxygens (including phenoxy) is 1. The quantitative estimate of drug-likeness (QED) is 0.291. The van der Waals surface area contributed by atoms with Gasteiger partial charge in [-0.2, -0.15) is 0 Å². The number of amidine groups is 1. The van der Waals surface area contributed by atoms with Gasteiger partial charge in [0.2, 0.25) is 0 Å². The van der Waals surface area contributed by atoms with Crippen LogP contribution in [0.2, 0.25) is 5.02 Å². The molecule has 2 heterocycles. The maximum Gasteiger partial charge on any atom is 0.282 e. The Morgan fingerprint density at radius 1 is 1.03 bits per heavy atom. The molecule has 164 valence electrons. The Bertz CT molecular complexity index is 1400. The van der Waals surface area contributed by atoms with Gasteiger partial charge in [-0.3, -0.25) is 9.69 Å². The fraction of sp³-hybridized carbons (Fsp3) is 0.111. The lowest BCUT2D eigenvalue weighted by molar-refractivity contribution is -0.113. The highest BCUT2D eigenvalue weighted by atomic mass is 35.5. The molecule has 33 heavy (non-hydrogen) atoms. The minimum absolute atomic E-state index is 0.184. The highest BCUT2D eigenvalue weighted by Gasteiger charge is 2.34. The summed E-state index contributed by atoms with van der Waals surface area (Å²) in [5.41, 5.74) is 3.11. The maximum absolute atomic E-state index is 13.6. The fourth-order valence-electron chi connectivity index (χ4n) is 3.75. The van der Waals surface area contributed by atoms with Crippen LogP contribution < -0.4 is 9.64 Å². The third-order valence-corrected chi connectivity index (χ3v) is 7.06. The largest absolute Gasteiger partial charge is 0.494 e. The molecule has 1 aromatic heterocycles. The van der Waals surface area contributed by atoms with Crippen molar-refractivity contribution in [2.24, 2.45) is 4.99 Å². The number of halogens is 1. The van der Waals surface area contributed by atoms with Gasteiger partial charge in [-0.25, -0.2) is 4.99 Å². The van der Waals surface area contributed by atoms with Crippen molar-refractivity contribution >= 4 is 56.5 Å². The third kappa shape index (κ3) is 4.06. The van der Waals surface area contributed by atoms with Crippen LogP contribution in [0.1, 0.15) is 22.9 Å². The molecule has 1 aliphatic heterocycles. The minimum atomic E-state index is -0.184. The summed E-state index contributed by atoms with van der Waals surface area (Å²) in [6, 6.07) is 23.4. The molecule has 0 saturated heterocycles. The summed E-state index contributed by atoms with van der Waals surface area (Å²) in [7, 11) is 0. The summed E-state index contributed by atoms with van der Waals surface area (Å²) in [5.74, 6) is 1.16. The first-order chi connectivity index (χ1) is 16.0. The number of thiophene rings is 1. The first kappa shape index (κ1) is 21.4. The maximum atomic E-state index is 13.6. The number of hydrogen-bond acceptors (Lipinski definition) is 4. The van der Waals surface area contributed by atoms with Gasteiger partial charge in [0.25, 0.3) is 5.91 Å². The van der Waals surface area contributed by atoms with Crippen LogP contribution in [0.15, 0.2) is 83.5 Å². The first-order valence-corrected chi connectivity index (χ1v) is 11.9. The molecule has 0 saturated carbocycles. The Morgan fingerprint density at radius 2 is 1.76 bits per heavy atom. The second kappa shape index (κ2) is 8.85. The molecule has 4 nitrogen and oxygen atoms in total. The first-order valence-electron chi connectivity index (χ1n) is 10.7. The van der Waals surface area contributed by atoms with E-state index in [9.17, 15) is 4.79 Å². The number of aliphatic imine (C=N–C) groups is 1. The average Bonchev–Trinajstić information content (AvgIpc) is 3.33. The van der Waals surface area contributed by atoms with Gasteiger partial charge in [0.15, 0.2) is 5.84 Å². The average molecular weight is 473 g/mol. The Labute approximate surface area is 201 Å². The summed E-state index contributed by atoms with van der Waals surface area (Å²) in [6.45, 7) is 4.57. The van der Waals surface area contributed by atoms with E-state index in [-0.39, 0.29) is 5.91 Å². The summed E-state index contributed by atoms with van der Waals surface area (Å²) < 4.78 is 6.57. The highest BCUT2D eigenvalue weighted by molar-refractivity contribution is 7.21. The van der Waals surface area contributed by atoms with E-state index < -0.39 is 0 Å². The molecule has 0 N–H and O–H groups in total. The molecular weight excluding hydrogens is 452 g/mol. The molecule has 3 aromatic carbocycles. The number of nitrogens with zero attached hydrogens (tertiary/aromatic N) is 2. The summed E-state index contributed by atoms with van der Waals surface area (Å²) in [4.78, 5) is 20.8. The van der Waals surface area contributed by atoms with Crippen LogP contribution in [0.4, 0.5) is 5.69 Å². The molecule has 0 bridgehead atoms. The van der Waals surface area contributed by atoms with Gasteiger partial charge in [-0.05, 0) is 55.8 Å². The van der Waals surface area contributed by atoms with Gasteiger partial charge in [0, 0.05) is 10.1 Å². The van der Waals surface area contributed by atoms with Crippen molar-refractivity contribution < 1.29 is 9.53 Å². The summed E-state index contributed by atoms with van der Waals surface area (Å²) in [6.07, 6.45) is 1.80. The lowest BCUT2D eigenvalue weighted by atomic mass is 10.1. The standard InChI is InChI=1S/C27H21ClN2O2S/c1-3-32-20-14-10-18(11-15-20)16-22-27(31)30(19-12-8-17(2)9-13-19)26(29-22)25-24(28)21-6-4-5-7-23(21)33-25/h4-16H,3H2,1-2H3/b22-16+. The van der Waals surface area contributed by atoms with E-state index in [1.807, 2.05) is 86.6 Å². The molecule has 5 rings (SSSR count). The fourth-order valence-corrected chi connectivity index (χ4v) is 5.24. The van der Waals surface area contributed by atoms with Crippen molar-refractivity contribution in [1.82, 2.24) is 0 Å². The van der Waals surface area contributed by atoms with Gasteiger partial charge in [-0.1, -0.05) is 59.6 Å². The van der Waals surface area contributed by atoms with E-state index in [2.05, 4.69) is 0 Å². The molecule has 1 aliphatic rings. The lowest BCUT2D eigenvalue weighted by Crippen LogP contribution is -2.32. The number of carbonyl (C=O) groups excluding carboxylic acids is 1. The van der Waals surface area contributed by atoms with E-state index in [1.54, 1.807) is 22.3 Å². The number of fused-ring (bicyclic) bond motifs is 1. The van der Waals surface area contributed by atoms with Gasteiger partial charge >= 0.3 is 0 Å². The van der Waals surface area contributed by atoms with Crippen LogP contribution in [0.5, 0.6) is 5.75 Å². The van der Waals surface area contributed by atoms with Gasteiger partial charge < -0.3 is 4.74 Å². The lowest BCUT2D eigenvalue weighted by Gasteiger charge is -2.18. The number of amides is 1. The number of anilines is 1. The molecule has 0 radical (unpaired) electrons. The normalized spacial score (nSPS) is 14.9. The topological polar surface area (TPSA) is 41.9 Å². The molecule has 6 heteroatoms. The van der Waals surface area contributed by atoms with Crippen molar-refractivity contribution in [3.63, 3.8) is 0 Å². The van der Waals surface area contributed by atoms with Crippen LogP contribution >= 0.6 is 22.9 Å². The van der Waals surface area contributed by atoms with E-state index in [0.29, 0.717) is 23.2 Å². The zero-order valence-electron chi connectivity index (χ0n) is 18.2. The van der Waals surface area contributed by atoms with Crippen molar-refractivity contribution in [2.45, 2.75) is 13.8 Å². The monoisotopic (exact) mass is 472 g/mol. The van der Waals surface area contributed by atoms with Gasteiger partial charge in [0.05, 0.1) is 22.2 Å². The Hall–Kier alpha value is -3.41. The molecule has 0 aliphatic carbocycles. The number of hydrogen-bond donors (Lipinski definition) is 0. The minimum Gasteiger partial charge on any atom is -0.494 e. The van der Waals surface area contributed by atoms with E-state index in [0.717, 1.165) is 37.5 Å². The van der Waals surface area contributed by atoms with Crippen LogP contribution in [-0.2, 0) is 4.79 Å². The van der Waals surface area contributed by atoms with Gasteiger partial charge in [0.1, 0.15) is 11.4 Å². The predicted octanol–water partition coefficient (Wildman–Crippen LogP) is 7.10. The molecule has 0 fully saturated rings. The van der Waals surface area contributed by atoms with Crippen LogP contribution in [-0.4, -0.2) is 18.3 Å². The summed E-state index contributed by atoms with van der Waals surface area (Å²) in [5, 5.41) is 1.57. The smallest absolute Gasteiger partial charge is 0.282 e. The molecule has 4 aromatic rings. The molecule has 1 amide bonds. The molecule has 0 spiro atoms. The number of benzene rings is 3. The zero-order valence-corrected chi connectivity index (χ0v) is 19.8. The summed E-state index contributed by atoms with van der Waals surface area (Å²) >= 11 is 8.32. The Morgan fingerprint density at radius 3 is 2.45 bits per heavy atom. The van der Waals surface area contributed by atoms with Crippen LogP contribution in [0, 0.1) is 6.92 Å². The predicted molar refractivity (Wildman–Crippen MR) is 138 cm³/mol. The zero-order chi connectivity index (χ0) is 22.9. The van der Waals surface area contributed by atoms with E-state index >= 15 is 0 Å². The van der Waals surface area contributed by atoms with E-state index in [4.69, 9.17) is 21.3 Å². The number of aryl methyl sites for hydroxylation is 1. The van der Waals surface area contributed by atoms with E-state index in [1.165, 1.54) is 0 Å². The van der Waals surface area contributed by atoms with Crippen molar-refractivity contribution in [2.75, 3.05) is 11.5 Å². The molecular formula is C27H21ClN2O2S. The Balaban J connectivity index is 1.62. The number of rotatable bonds is 5. The highest BCUT2D eigenvalue weighted by Crippen LogP contribution is 2.39. The Kier molecular flexibility index (Phi) is 5.75. The second-order valence-electron chi connectivity index (χ2n) is 7.68. The SMILES string of the molecule is CCOc1ccc(/C=C2/N=C(c3sc4ccccc4c3Cl)N(c3ccc(C)cc3)C2=O)cc1. The van der Waals surface area contributed by atoms with Crippen molar-refractivity contribution in [3.05, 3.63) is 99.5 Å².